The van der Waals surface area contributed by atoms with Gasteiger partial charge in [-0.1, -0.05) is 0 Å². The van der Waals surface area contributed by atoms with Crippen LogP contribution in [0.25, 0.3) is 0 Å². The van der Waals surface area contributed by atoms with Gasteiger partial charge in [0.15, 0.2) is 0 Å². The second-order valence-corrected chi connectivity index (χ2v) is 5.72. The molecule has 1 saturated carbocycles. The summed E-state index contributed by atoms with van der Waals surface area (Å²) in [5, 5.41) is 9.49. The fourth-order valence-corrected chi connectivity index (χ4v) is 3.14. The summed E-state index contributed by atoms with van der Waals surface area (Å²) in [6, 6.07) is 0.217. The topological polar surface area (TPSA) is 66.6 Å². The number of nitrogens with zero attached hydrogens (tertiary/aromatic N) is 1. The number of hydrogen-bond acceptors (Lipinski definition) is 3. The minimum atomic E-state index is -0.608. The molecule has 0 aromatic heterocycles. The van der Waals surface area contributed by atoms with Gasteiger partial charge in [0, 0.05) is 6.04 Å². The second kappa shape index (κ2) is 5.36. The molecule has 0 radical (unpaired) electrons. The fraction of sp³-hybridized carbons (Fsp3) is 0.923. The van der Waals surface area contributed by atoms with E-state index < -0.39 is 11.4 Å². The van der Waals surface area contributed by atoms with E-state index >= 15 is 0 Å². The first-order chi connectivity index (χ1) is 8.12. The Morgan fingerprint density at radius 1 is 1.29 bits per heavy atom. The molecule has 2 aliphatic rings. The summed E-state index contributed by atoms with van der Waals surface area (Å²) >= 11 is 0. The number of carboxylic acids is 1. The molecule has 98 valence electrons. The lowest BCUT2D eigenvalue weighted by molar-refractivity contribution is -0.152. The number of likely N-dealkylation sites (tertiary alicyclic amines) is 1. The normalized spacial score (nSPS) is 35.0. The van der Waals surface area contributed by atoms with E-state index in [0.29, 0.717) is 0 Å². The van der Waals surface area contributed by atoms with Gasteiger partial charge in [0.25, 0.3) is 0 Å². The summed E-state index contributed by atoms with van der Waals surface area (Å²) < 4.78 is 0. The number of rotatable bonds is 4. The van der Waals surface area contributed by atoms with Gasteiger partial charge in [-0.05, 0) is 64.6 Å². The first-order valence-corrected chi connectivity index (χ1v) is 6.84. The van der Waals surface area contributed by atoms with Gasteiger partial charge in [0.05, 0.1) is 5.41 Å². The van der Waals surface area contributed by atoms with Crippen LogP contribution in [0.3, 0.4) is 0 Å². The minimum Gasteiger partial charge on any atom is -0.481 e. The summed E-state index contributed by atoms with van der Waals surface area (Å²) in [6.45, 7) is 3.24. The van der Waals surface area contributed by atoms with E-state index in [4.69, 9.17) is 5.73 Å². The van der Waals surface area contributed by atoms with Crippen LogP contribution in [-0.2, 0) is 4.79 Å². The van der Waals surface area contributed by atoms with Crippen molar-refractivity contribution in [3.05, 3.63) is 0 Å². The van der Waals surface area contributed by atoms with Gasteiger partial charge in [-0.3, -0.25) is 4.79 Å². The Labute approximate surface area is 103 Å². The zero-order chi connectivity index (χ0) is 12.3. The molecule has 0 aromatic carbocycles. The van der Waals surface area contributed by atoms with Crippen LogP contribution < -0.4 is 5.73 Å². The molecular weight excluding hydrogens is 216 g/mol. The zero-order valence-corrected chi connectivity index (χ0v) is 10.5. The Morgan fingerprint density at radius 2 is 1.88 bits per heavy atom. The molecule has 1 heterocycles. The highest BCUT2D eigenvalue weighted by atomic mass is 16.4. The Kier molecular flexibility index (Phi) is 4.05. The van der Waals surface area contributed by atoms with Gasteiger partial charge >= 0.3 is 5.97 Å². The quantitative estimate of drug-likeness (QED) is 0.780. The van der Waals surface area contributed by atoms with Crippen molar-refractivity contribution in [1.82, 2.24) is 4.90 Å². The Hall–Kier alpha value is -0.610. The van der Waals surface area contributed by atoms with Crippen LogP contribution in [0.1, 0.15) is 44.9 Å². The molecule has 0 amide bonds. The lowest BCUT2D eigenvalue weighted by Gasteiger charge is -2.36. The molecule has 0 bridgehead atoms. The highest BCUT2D eigenvalue weighted by Crippen LogP contribution is 2.39. The van der Waals surface area contributed by atoms with Crippen molar-refractivity contribution in [2.24, 2.45) is 11.1 Å². The highest BCUT2D eigenvalue weighted by Gasteiger charge is 2.41. The SMILES string of the molecule is NC1CCC(CCN2CCCC2)(C(=O)O)CC1. The second-order valence-electron chi connectivity index (χ2n) is 5.72. The summed E-state index contributed by atoms with van der Waals surface area (Å²) in [7, 11) is 0. The highest BCUT2D eigenvalue weighted by molar-refractivity contribution is 5.74. The van der Waals surface area contributed by atoms with E-state index in [-0.39, 0.29) is 6.04 Å². The van der Waals surface area contributed by atoms with E-state index in [2.05, 4.69) is 4.90 Å². The molecule has 3 N–H and O–H groups in total. The average Bonchev–Trinajstić information content (AvgIpc) is 2.81. The molecule has 2 fully saturated rings. The first kappa shape index (κ1) is 12.8. The third-order valence-electron chi connectivity index (χ3n) is 4.55. The molecule has 17 heavy (non-hydrogen) atoms. The lowest BCUT2D eigenvalue weighted by Crippen LogP contribution is -2.41. The molecule has 1 aliphatic carbocycles. The van der Waals surface area contributed by atoms with Crippen LogP contribution in [0.15, 0.2) is 0 Å². The smallest absolute Gasteiger partial charge is 0.309 e. The standard InChI is InChI=1S/C13H24N2O2/c14-11-3-5-13(6-4-11,12(16)17)7-10-15-8-1-2-9-15/h11H,1-10,14H2,(H,16,17). The molecule has 4 heteroatoms. The van der Waals surface area contributed by atoms with Crippen LogP contribution in [0, 0.1) is 5.41 Å². The van der Waals surface area contributed by atoms with E-state index in [0.717, 1.165) is 51.7 Å². The average molecular weight is 240 g/mol. The largest absolute Gasteiger partial charge is 0.481 e. The zero-order valence-electron chi connectivity index (χ0n) is 10.5. The summed E-state index contributed by atoms with van der Waals surface area (Å²) in [4.78, 5) is 13.9. The molecular formula is C13H24N2O2. The molecule has 0 spiro atoms. The van der Waals surface area contributed by atoms with Crippen molar-refractivity contribution in [3.63, 3.8) is 0 Å². The Balaban J connectivity index is 1.89. The monoisotopic (exact) mass is 240 g/mol. The minimum absolute atomic E-state index is 0.217. The molecule has 0 aromatic rings. The van der Waals surface area contributed by atoms with Crippen molar-refractivity contribution in [2.45, 2.75) is 51.0 Å². The van der Waals surface area contributed by atoms with Crippen molar-refractivity contribution < 1.29 is 9.90 Å². The van der Waals surface area contributed by atoms with Crippen LogP contribution >= 0.6 is 0 Å². The van der Waals surface area contributed by atoms with Gasteiger partial charge in [-0.15, -0.1) is 0 Å². The molecule has 2 rings (SSSR count). The summed E-state index contributed by atoms with van der Waals surface area (Å²) in [6.07, 6.45) is 6.60. The number of carboxylic acid groups (broad SMARTS) is 1. The maximum absolute atomic E-state index is 11.5. The molecule has 4 nitrogen and oxygen atoms in total. The Bertz CT molecular complexity index is 267. The van der Waals surface area contributed by atoms with Crippen molar-refractivity contribution in [3.8, 4) is 0 Å². The molecule has 0 atom stereocenters. The van der Waals surface area contributed by atoms with E-state index in [1.165, 1.54) is 12.8 Å². The molecule has 1 aliphatic heterocycles. The van der Waals surface area contributed by atoms with Gasteiger partial charge in [0.2, 0.25) is 0 Å². The fourth-order valence-electron chi connectivity index (χ4n) is 3.14. The van der Waals surface area contributed by atoms with E-state index in [1.807, 2.05) is 0 Å². The predicted octanol–water partition coefficient (Wildman–Crippen LogP) is 1.44. The summed E-state index contributed by atoms with van der Waals surface area (Å²) in [5.74, 6) is -0.608. The number of aliphatic carboxylic acids is 1. The van der Waals surface area contributed by atoms with Crippen molar-refractivity contribution in [2.75, 3.05) is 19.6 Å². The van der Waals surface area contributed by atoms with Crippen LogP contribution in [0.2, 0.25) is 0 Å². The van der Waals surface area contributed by atoms with E-state index in [1.54, 1.807) is 0 Å². The maximum atomic E-state index is 11.5. The van der Waals surface area contributed by atoms with Crippen molar-refractivity contribution >= 4 is 5.97 Å². The third-order valence-corrected chi connectivity index (χ3v) is 4.55. The number of hydrogen-bond donors (Lipinski definition) is 2. The van der Waals surface area contributed by atoms with Crippen LogP contribution in [-0.4, -0.2) is 41.7 Å². The Morgan fingerprint density at radius 3 is 2.41 bits per heavy atom. The van der Waals surface area contributed by atoms with Gasteiger partial charge in [-0.2, -0.15) is 0 Å². The predicted molar refractivity (Wildman–Crippen MR) is 66.8 cm³/mol. The van der Waals surface area contributed by atoms with Gasteiger partial charge in [-0.25, -0.2) is 0 Å². The molecule has 0 unspecified atom stereocenters. The van der Waals surface area contributed by atoms with Crippen molar-refractivity contribution in [1.29, 1.82) is 0 Å². The van der Waals surface area contributed by atoms with Gasteiger partial charge < -0.3 is 15.7 Å². The van der Waals surface area contributed by atoms with Crippen LogP contribution in [0.5, 0.6) is 0 Å². The lowest BCUT2D eigenvalue weighted by atomic mass is 9.70. The number of carbonyl (C=O) groups is 1. The molecule has 1 saturated heterocycles. The van der Waals surface area contributed by atoms with Gasteiger partial charge in [0.1, 0.15) is 0 Å². The van der Waals surface area contributed by atoms with E-state index in [9.17, 15) is 9.90 Å². The maximum Gasteiger partial charge on any atom is 0.309 e. The third kappa shape index (κ3) is 2.99. The first-order valence-electron chi connectivity index (χ1n) is 6.84. The van der Waals surface area contributed by atoms with Crippen LogP contribution in [0.4, 0.5) is 0 Å². The number of nitrogens with two attached hydrogens (primary N) is 1. The summed E-state index contributed by atoms with van der Waals surface area (Å²) in [5.41, 5.74) is 5.38.